The molecular weight excluding hydrogens is 220 g/mol. The number of fused-ring (bicyclic) bond motifs is 1. The van der Waals surface area contributed by atoms with Crippen molar-refractivity contribution >= 4 is 10.8 Å². The molecule has 0 radical (unpaired) electrons. The predicted molar refractivity (Wildman–Crippen MR) is 76.7 cm³/mol. The quantitative estimate of drug-likeness (QED) is 0.862. The van der Waals surface area contributed by atoms with Crippen molar-refractivity contribution in [2.75, 3.05) is 13.1 Å². The van der Waals surface area contributed by atoms with Gasteiger partial charge in [0.2, 0.25) is 0 Å². The van der Waals surface area contributed by atoms with E-state index in [2.05, 4.69) is 53.1 Å². The molecule has 1 fully saturated rings. The highest BCUT2D eigenvalue weighted by Gasteiger charge is 2.12. The Morgan fingerprint density at radius 3 is 2.89 bits per heavy atom. The van der Waals surface area contributed by atoms with E-state index >= 15 is 0 Å². The highest BCUT2D eigenvalue weighted by atomic mass is 15.0. The number of hydrogen-bond donors (Lipinski definition) is 2. The standard InChI is InChI=1S/C16H20N2/c1-2-9-16-13(5-1)6-3-7-14(16)11-18-15-8-4-10-17-12-15/h1-3,5-7,9,15,17-18H,4,8,10-12H2/t15-/m0/s1. The normalized spacial score (nSPS) is 20.1. The molecule has 2 aromatic carbocycles. The van der Waals surface area contributed by atoms with Crippen LogP contribution in [0.3, 0.4) is 0 Å². The average molecular weight is 240 g/mol. The molecule has 0 aromatic heterocycles. The fourth-order valence-corrected chi connectivity index (χ4v) is 2.73. The summed E-state index contributed by atoms with van der Waals surface area (Å²) >= 11 is 0. The highest BCUT2D eigenvalue weighted by molar-refractivity contribution is 5.85. The van der Waals surface area contributed by atoms with E-state index in [9.17, 15) is 0 Å². The lowest BCUT2D eigenvalue weighted by Crippen LogP contribution is -2.42. The van der Waals surface area contributed by atoms with E-state index in [1.165, 1.54) is 35.7 Å². The smallest absolute Gasteiger partial charge is 0.0214 e. The third-order valence-corrected chi connectivity index (χ3v) is 3.76. The van der Waals surface area contributed by atoms with E-state index in [1.807, 2.05) is 0 Å². The molecule has 1 aliphatic rings. The summed E-state index contributed by atoms with van der Waals surface area (Å²) in [6, 6.07) is 15.8. The van der Waals surface area contributed by atoms with E-state index in [-0.39, 0.29) is 0 Å². The first kappa shape index (κ1) is 11.7. The Kier molecular flexibility index (Phi) is 3.58. The van der Waals surface area contributed by atoms with Crippen molar-refractivity contribution < 1.29 is 0 Å². The van der Waals surface area contributed by atoms with E-state index < -0.39 is 0 Å². The van der Waals surface area contributed by atoms with Crippen LogP contribution in [0.25, 0.3) is 10.8 Å². The third-order valence-electron chi connectivity index (χ3n) is 3.76. The van der Waals surface area contributed by atoms with E-state index in [0.29, 0.717) is 6.04 Å². The summed E-state index contributed by atoms with van der Waals surface area (Å²) in [7, 11) is 0. The number of benzene rings is 2. The molecule has 94 valence electrons. The van der Waals surface area contributed by atoms with Crippen molar-refractivity contribution in [1.82, 2.24) is 10.6 Å². The SMILES string of the molecule is c1ccc2c(CN[C@H]3CCCNC3)cccc2c1. The Balaban J connectivity index is 1.74. The van der Waals surface area contributed by atoms with Gasteiger partial charge in [-0.25, -0.2) is 0 Å². The lowest BCUT2D eigenvalue weighted by atomic mass is 10.0. The van der Waals surface area contributed by atoms with Crippen LogP contribution in [0.1, 0.15) is 18.4 Å². The summed E-state index contributed by atoms with van der Waals surface area (Å²) in [5.74, 6) is 0. The summed E-state index contributed by atoms with van der Waals surface area (Å²) in [6.45, 7) is 3.24. The zero-order valence-corrected chi connectivity index (χ0v) is 10.7. The van der Waals surface area contributed by atoms with Crippen LogP contribution in [0.2, 0.25) is 0 Å². The molecule has 2 aromatic rings. The lowest BCUT2D eigenvalue weighted by Gasteiger charge is -2.24. The van der Waals surface area contributed by atoms with Crippen molar-refractivity contribution in [3.8, 4) is 0 Å². The van der Waals surface area contributed by atoms with Gasteiger partial charge in [0.05, 0.1) is 0 Å². The van der Waals surface area contributed by atoms with Crippen LogP contribution >= 0.6 is 0 Å². The second-order valence-electron chi connectivity index (χ2n) is 5.06. The zero-order chi connectivity index (χ0) is 12.2. The molecule has 3 rings (SSSR count). The molecule has 1 saturated heterocycles. The van der Waals surface area contributed by atoms with Gasteiger partial charge in [0.1, 0.15) is 0 Å². The monoisotopic (exact) mass is 240 g/mol. The van der Waals surface area contributed by atoms with Crippen LogP contribution < -0.4 is 10.6 Å². The highest BCUT2D eigenvalue weighted by Crippen LogP contribution is 2.18. The van der Waals surface area contributed by atoms with Crippen LogP contribution in [-0.2, 0) is 6.54 Å². The van der Waals surface area contributed by atoms with Gasteiger partial charge in [0.25, 0.3) is 0 Å². The van der Waals surface area contributed by atoms with Crippen molar-refractivity contribution in [2.45, 2.75) is 25.4 Å². The Morgan fingerprint density at radius 1 is 1.11 bits per heavy atom. The largest absolute Gasteiger partial charge is 0.315 e. The Labute approximate surface area is 108 Å². The Hall–Kier alpha value is -1.38. The number of nitrogens with one attached hydrogen (secondary N) is 2. The minimum atomic E-state index is 0.623. The van der Waals surface area contributed by atoms with Gasteiger partial charge >= 0.3 is 0 Å². The molecule has 0 amide bonds. The maximum absolute atomic E-state index is 3.67. The molecule has 0 saturated carbocycles. The molecule has 0 spiro atoms. The van der Waals surface area contributed by atoms with Gasteiger partial charge < -0.3 is 10.6 Å². The first-order valence-electron chi connectivity index (χ1n) is 6.84. The summed E-state index contributed by atoms with van der Waals surface area (Å²) in [4.78, 5) is 0. The van der Waals surface area contributed by atoms with Crippen LogP contribution in [-0.4, -0.2) is 19.1 Å². The van der Waals surface area contributed by atoms with Crippen molar-refractivity contribution in [2.24, 2.45) is 0 Å². The van der Waals surface area contributed by atoms with Crippen LogP contribution in [0, 0.1) is 0 Å². The molecule has 2 heteroatoms. The van der Waals surface area contributed by atoms with E-state index in [0.717, 1.165) is 13.1 Å². The topological polar surface area (TPSA) is 24.1 Å². The summed E-state index contributed by atoms with van der Waals surface area (Å²) in [5.41, 5.74) is 1.40. The molecule has 18 heavy (non-hydrogen) atoms. The van der Waals surface area contributed by atoms with E-state index in [1.54, 1.807) is 0 Å². The minimum Gasteiger partial charge on any atom is -0.315 e. The van der Waals surface area contributed by atoms with Crippen molar-refractivity contribution in [3.63, 3.8) is 0 Å². The maximum Gasteiger partial charge on any atom is 0.0214 e. The fraction of sp³-hybridized carbons (Fsp3) is 0.375. The van der Waals surface area contributed by atoms with Crippen molar-refractivity contribution in [3.05, 3.63) is 48.0 Å². The molecule has 2 nitrogen and oxygen atoms in total. The third kappa shape index (κ3) is 2.55. The van der Waals surface area contributed by atoms with Crippen LogP contribution in [0.4, 0.5) is 0 Å². The molecule has 1 aliphatic heterocycles. The number of hydrogen-bond acceptors (Lipinski definition) is 2. The van der Waals surface area contributed by atoms with Gasteiger partial charge in [-0.1, -0.05) is 42.5 Å². The molecular formula is C16H20N2. The lowest BCUT2D eigenvalue weighted by molar-refractivity contribution is 0.389. The molecule has 0 aliphatic carbocycles. The van der Waals surface area contributed by atoms with Crippen LogP contribution in [0.5, 0.6) is 0 Å². The maximum atomic E-state index is 3.67. The van der Waals surface area contributed by atoms with Gasteiger partial charge in [-0.05, 0) is 35.7 Å². The first-order valence-corrected chi connectivity index (χ1v) is 6.84. The Morgan fingerprint density at radius 2 is 2.00 bits per heavy atom. The van der Waals surface area contributed by atoms with Gasteiger partial charge in [-0.2, -0.15) is 0 Å². The van der Waals surface area contributed by atoms with Gasteiger partial charge in [-0.3, -0.25) is 0 Å². The fourth-order valence-electron chi connectivity index (χ4n) is 2.73. The number of rotatable bonds is 3. The van der Waals surface area contributed by atoms with E-state index in [4.69, 9.17) is 0 Å². The molecule has 1 atom stereocenters. The molecule has 0 bridgehead atoms. The first-order chi connectivity index (χ1) is 8.93. The molecule has 1 heterocycles. The second-order valence-corrected chi connectivity index (χ2v) is 5.06. The molecule has 2 N–H and O–H groups in total. The minimum absolute atomic E-state index is 0.623. The van der Waals surface area contributed by atoms with Gasteiger partial charge in [-0.15, -0.1) is 0 Å². The molecule has 0 unspecified atom stereocenters. The van der Waals surface area contributed by atoms with Gasteiger partial charge in [0.15, 0.2) is 0 Å². The van der Waals surface area contributed by atoms with Gasteiger partial charge in [0, 0.05) is 19.1 Å². The predicted octanol–water partition coefficient (Wildman–Crippen LogP) is 2.68. The van der Waals surface area contributed by atoms with Crippen LogP contribution in [0.15, 0.2) is 42.5 Å². The average Bonchev–Trinajstić information content (AvgIpc) is 2.46. The summed E-state index contributed by atoms with van der Waals surface area (Å²) < 4.78 is 0. The summed E-state index contributed by atoms with van der Waals surface area (Å²) in [5, 5.41) is 9.82. The van der Waals surface area contributed by atoms with Crippen molar-refractivity contribution in [1.29, 1.82) is 0 Å². The summed E-state index contributed by atoms with van der Waals surface area (Å²) in [6.07, 6.45) is 2.57. The number of piperidine rings is 1. The second kappa shape index (κ2) is 5.51. The Bertz CT molecular complexity index is 510. The zero-order valence-electron chi connectivity index (χ0n) is 10.7.